The highest BCUT2D eigenvalue weighted by molar-refractivity contribution is 5.92. The summed E-state index contributed by atoms with van der Waals surface area (Å²) in [4.78, 5) is 11.0. The van der Waals surface area contributed by atoms with E-state index in [9.17, 15) is 0 Å². The van der Waals surface area contributed by atoms with E-state index in [1.54, 1.807) is 0 Å². The maximum atomic E-state index is 5.41. The summed E-state index contributed by atoms with van der Waals surface area (Å²) < 4.78 is 7.36. The minimum atomic E-state index is 0.415. The topological polar surface area (TPSA) is 58.5 Å². The van der Waals surface area contributed by atoms with Gasteiger partial charge in [-0.15, -0.1) is 0 Å². The third-order valence-corrected chi connectivity index (χ3v) is 7.86. The number of likely N-dealkylation sites (tertiary alicyclic amines) is 1. The van der Waals surface area contributed by atoms with Gasteiger partial charge in [-0.3, -0.25) is 4.90 Å². The van der Waals surface area contributed by atoms with E-state index in [0.29, 0.717) is 17.9 Å². The molecule has 1 aromatic carbocycles. The van der Waals surface area contributed by atoms with Gasteiger partial charge < -0.3 is 9.72 Å². The average Bonchev–Trinajstić information content (AvgIpc) is 3.37. The Hall–Kier alpha value is -2.70. The molecule has 6 heteroatoms. The lowest BCUT2D eigenvalue weighted by Crippen LogP contribution is -2.51. The van der Waals surface area contributed by atoms with E-state index >= 15 is 0 Å². The van der Waals surface area contributed by atoms with E-state index in [1.807, 2.05) is 11.4 Å². The highest BCUT2D eigenvalue weighted by Gasteiger charge is 2.30. The molecule has 1 N–H and O–H groups in total. The molecule has 178 valence electrons. The number of ether oxygens (including phenoxy) is 1. The van der Waals surface area contributed by atoms with Crippen LogP contribution in [0.4, 0.5) is 0 Å². The number of pyridine rings is 1. The summed E-state index contributed by atoms with van der Waals surface area (Å²) in [6.45, 7) is 13.0. The van der Waals surface area contributed by atoms with Gasteiger partial charge in [-0.2, -0.15) is 5.10 Å². The van der Waals surface area contributed by atoms with Crippen LogP contribution < -0.4 is 0 Å². The van der Waals surface area contributed by atoms with Crippen LogP contribution in [0.5, 0.6) is 0 Å². The van der Waals surface area contributed by atoms with E-state index < -0.39 is 0 Å². The second-order valence-corrected chi connectivity index (χ2v) is 10.4. The van der Waals surface area contributed by atoms with Crippen molar-refractivity contribution < 1.29 is 4.74 Å². The van der Waals surface area contributed by atoms with Crippen LogP contribution in [0.15, 0.2) is 30.5 Å². The lowest BCUT2D eigenvalue weighted by Gasteiger charge is -2.41. The standard InChI is InChI=1S/C28H35N5O/c1-5-19-12-22(14-33-28(19)29-18(4)31-33)27-26(17(2)3)24-13-21(6-7-25(24)30-27)20-8-10-32(11-9-20)23-15-34-16-23/h6-7,12-14,17,20,23,30H,5,8-11,15-16H2,1-4H3. The lowest BCUT2D eigenvalue weighted by molar-refractivity contribution is -0.0712. The number of benzene rings is 1. The Kier molecular flexibility index (Phi) is 5.46. The molecule has 5 heterocycles. The molecule has 0 atom stereocenters. The number of rotatable bonds is 5. The quantitative estimate of drug-likeness (QED) is 0.433. The third-order valence-electron chi connectivity index (χ3n) is 7.86. The molecule has 2 aliphatic rings. The Labute approximate surface area is 201 Å². The minimum absolute atomic E-state index is 0.415. The van der Waals surface area contributed by atoms with Crippen LogP contribution >= 0.6 is 0 Å². The Balaban J connectivity index is 1.38. The zero-order chi connectivity index (χ0) is 23.4. The molecule has 0 aliphatic carbocycles. The van der Waals surface area contributed by atoms with Gasteiger partial charge in [-0.1, -0.05) is 26.8 Å². The fourth-order valence-corrected chi connectivity index (χ4v) is 5.90. The van der Waals surface area contributed by atoms with Gasteiger partial charge in [0.15, 0.2) is 5.65 Å². The molecule has 6 nitrogen and oxygen atoms in total. The summed E-state index contributed by atoms with van der Waals surface area (Å²) in [6.07, 6.45) is 5.53. The predicted molar refractivity (Wildman–Crippen MR) is 137 cm³/mol. The molecule has 2 fully saturated rings. The Morgan fingerprint density at radius 3 is 2.62 bits per heavy atom. The molecule has 0 unspecified atom stereocenters. The number of aromatic amines is 1. The SMILES string of the molecule is CCc1cc(-c2[nH]c3ccc(C4CCN(C5COC5)CC4)cc3c2C(C)C)cn2nc(C)nc12. The van der Waals surface area contributed by atoms with Gasteiger partial charge in [0, 0.05) is 22.7 Å². The van der Waals surface area contributed by atoms with Crippen LogP contribution in [0, 0.1) is 6.92 Å². The number of piperidine rings is 1. The van der Waals surface area contributed by atoms with Crippen molar-refractivity contribution in [2.75, 3.05) is 26.3 Å². The molecular weight excluding hydrogens is 422 g/mol. The molecule has 0 spiro atoms. The number of aryl methyl sites for hydroxylation is 2. The van der Waals surface area contributed by atoms with Crippen LogP contribution in [0.3, 0.4) is 0 Å². The van der Waals surface area contributed by atoms with Crippen molar-refractivity contribution in [3.05, 3.63) is 53.0 Å². The molecule has 2 aliphatic heterocycles. The summed E-state index contributed by atoms with van der Waals surface area (Å²) in [5.74, 6) is 1.87. The first kappa shape index (κ1) is 21.8. The van der Waals surface area contributed by atoms with Gasteiger partial charge in [0.05, 0.1) is 24.9 Å². The summed E-state index contributed by atoms with van der Waals surface area (Å²) in [5.41, 5.74) is 8.71. The normalized spacial score (nSPS) is 18.4. The molecule has 0 radical (unpaired) electrons. The van der Waals surface area contributed by atoms with Crippen molar-refractivity contribution in [2.24, 2.45) is 0 Å². The van der Waals surface area contributed by atoms with E-state index in [4.69, 9.17) is 4.74 Å². The number of hydrogen-bond donors (Lipinski definition) is 1. The second-order valence-electron chi connectivity index (χ2n) is 10.4. The highest BCUT2D eigenvalue weighted by Crippen LogP contribution is 2.39. The molecule has 2 saturated heterocycles. The van der Waals surface area contributed by atoms with E-state index in [1.165, 1.54) is 64.8 Å². The zero-order valence-corrected chi connectivity index (χ0v) is 20.8. The molecule has 0 amide bonds. The third kappa shape index (κ3) is 3.64. The van der Waals surface area contributed by atoms with Crippen LogP contribution in [0.1, 0.15) is 68.0 Å². The molecule has 4 aromatic rings. The smallest absolute Gasteiger partial charge is 0.158 e. The van der Waals surface area contributed by atoms with Gasteiger partial charge in [0.2, 0.25) is 0 Å². The highest BCUT2D eigenvalue weighted by atomic mass is 16.5. The van der Waals surface area contributed by atoms with Crippen molar-refractivity contribution in [1.82, 2.24) is 24.5 Å². The zero-order valence-electron chi connectivity index (χ0n) is 20.8. The van der Waals surface area contributed by atoms with Crippen molar-refractivity contribution in [1.29, 1.82) is 0 Å². The number of H-pyrrole nitrogens is 1. The summed E-state index contributed by atoms with van der Waals surface area (Å²) in [7, 11) is 0. The summed E-state index contributed by atoms with van der Waals surface area (Å²) in [5, 5.41) is 5.99. The maximum absolute atomic E-state index is 5.41. The molecule has 34 heavy (non-hydrogen) atoms. The molecule has 0 bridgehead atoms. The number of fused-ring (bicyclic) bond motifs is 2. The fraction of sp³-hybridized carbons (Fsp3) is 0.500. The van der Waals surface area contributed by atoms with E-state index in [2.05, 4.69) is 71.2 Å². The monoisotopic (exact) mass is 457 g/mol. The molecule has 0 saturated carbocycles. The molecule has 6 rings (SSSR count). The first-order valence-corrected chi connectivity index (χ1v) is 12.9. The van der Waals surface area contributed by atoms with Gasteiger partial charge >= 0.3 is 0 Å². The van der Waals surface area contributed by atoms with Crippen molar-refractivity contribution in [2.45, 2.75) is 64.8 Å². The molecular formula is C28H35N5O. The van der Waals surface area contributed by atoms with Crippen LogP contribution in [-0.2, 0) is 11.2 Å². The molecule has 3 aromatic heterocycles. The van der Waals surface area contributed by atoms with Crippen molar-refractivity contribution >= 4 is 16.6 Å². The average molecular weight is 458 g/mol. The Morgan fingerprint density at radius 1 is 1.15 bits per heavy atom. The van der Waals surface area contributed by atoms with Gasteiger partial charge in [0.1, 0.15) is 5.82 Å². The van der Waals surface area contributed by atoms with Crippen LogP contribution in [0.2, 0.25) is 0 Å². The Bertz CT molecular complexity index is 1340. The lowest BCUT2D eigenvalue weighted by atomic mass is 9.87. The number of nitrogens with zero attached hydrogens (tertiary/aromatic N) is 4. The van der Waals surface area contributed by atoms with E-state index in [-0.39, 0.29) is 0 Å². The summed E-state index contributed by atoms with van der Waals surface area (Å²) in [6, 6.07) is 10.1. The van der Waals surface area contributed by atoms with Crippen LogP contribution in [0.25, 0.3) is 27.8 Å². The van der Waals surface area contributed by atoms with Crippen molar-refractivity contribution in [3.63, 3.8) is 0 Å². The largest absolute Gasteiger partial charge is 0.378 e. The van der Waals surface area contributed by atoms with Gasteiger partial charge in [0.25, 0.3) is 0 Å². The number of aromatic nitrogens is 4. The van der Waals surface area contributed by atoms with E-state index in [0.717, 1.165) is 31.1 Å². The maximum Gasteiger partial charge on any atom is 0.158 e. The first-order valence-electron chi connectivity index (χ1n) is 12.9. The summed E-state index contributed by atoms with van der Waals surface area (Å²) >= 11 is 0. The Morgan fingerprint density at radius 2 is 1.94 bits per heavy atom. The van der Waals surface area contributed by atoms with Crippen LogP contribution in [-0.4, -0.2) is 56.8 Å². The fourth-order valence-electron chi connectivity index (χ4n) is 5.90. The predicted octanol–water partition coefficient (Wildman–Crippen LogP) is 5.45. The van der Waals surface area contributed by atoms with Gasteiger partial charge in [-0.05, 0) is 86.0 Å². The minimum Gasteiger partial charge on any atom is -0.378 e. The first-order chi connectivity index (χ1) is 16.5. The van der Waals surface area contributed by atoms with Crippen molar-refractivity contribution in [3.8, 4) is 11.3 Å². The second kappa shape index (κ2) is 8.51. The van der Waals surface area contributed by atoms with Gasteiger partial charge in [-0.25, -0.2) is 9.50 Å². The number of nitrogens with one attached hydrogen (secondary N) is 1. The number of hydrogen-bond acceptors (Lipinski definition) is 4.